The maximum absolute atomic E-state index is 10.9. The number of hydrogen-bond donors (Lipinski definition) is 0. The summed E-state index contributed by atoms with van der Waals surface area (Å²) in [6.45, 7) is 0. The lowest BCUT2D eigenvalue weighted by Crippen LogP contribution is -1.85. The summed E-state index contributed by atoms with van der Waals surface area (Å²) in [5.74, 6) is 0. The highest BCUT2D eigenvalue weighted by molar-refractivity contribution is 8.13. The van der Waals surface area contributed by atoms with Crippen LogP contribution in [0.3, 0.4) is 0 Å². The number of hydrogen-bond acceptors (Lipinski definition) is 4. The standard InChI is InChI=1S/C7H3Cl2NO3S/c8-7-4-3-6(14(9,11)12)13-5(4)1-2-10-7/h1-3H. The minimum Gasteiger partial charge on any atom is -0.443 e. The van der Waals surface area contributed by atoms with E-state index in [2.05, 4.69) is 4.98 Å². The summed E-state index contributed by atoms with van der Waals surface area (Å²) in [4.78, 5) is 3.77. The summed E-state index contributed by atoms with van der Waals surface area (Å²) in [7, 11) is 1.24. The van der Waals surface area contributed by atoms with Gasteiger partial charge >= 0.3 is 0 Å². The number of aromatic nitrogens is 1. The van der Waals surface area contributed by atoms with Crippen molar-refractivity contribution in [3.8, 4) is 0 Å². The molecule has 0 atom stereocenters. The molecule has 7 heteroatoms. The quantitative estimate of drug-likeness (QED) is 0.577. The Morgan fingerprint density at radius 1 is 1.43 bits per heavy atom. The third-order valence-corrected chi connectivity index (χ3v) is 3.05. The molecule has 0 aromatic carbocycles. The molecule has 0 saturated carbocycles. The van der Waals surface area contributed by atoms with E-state index in [-0.39, 0.29) is 10.2 Å². The normalized spacial score (nSPS) is 12.1. The van der Waals surface area contributed by atoms with E-state index in [1.165, 1.54) is 18.3 Å². The van der Waals surface area contributed by atoms with Gasteiger partial charge in [-0.2, -0.15) is 0 Å². The maximum Gasteiger partial charge on any atom is 0.294 e. The Morgan fingerprint density at radius 3 is 2.71 bits per heavy atom. The Kier molecular flexibility index (Phi) is 2.17. The Balaban J connectivity index is 2.81. The van der Waals surface area contributed by atoms with Gasteiger partial charge in [-0.3, -0.25) is 0 Å². The molecule has 0 saturated heterocycles. The van der Waals surface area contributed by atoms with Crippen LogP contribution in [0.2, 0.25) is 5.15 Å². The van der Waals surface area contributed by atoms with Crippen LogP contribution in [0, 0.1) is 0 Å². The van der Waals surface area contributed by atoms with E-state index < -0.39 is 9.05 Å². The molecule has 0 aliphatic rings. The zero-order valence-corrected chi connectivity index (χ0v) is 8.90. The van der Waals surface area contributed by atoms with Crippen molar-refractivity contribution in [2.24, 2.45) is 0 Å². The zero-order chi connectivity index (χ0) is 10.3. The van der Waals surface area contributed by atoms with Crippen LogP contribution < -0.4 is 0 Å². The molecule has 0 radical (unpaired) electrons. The highest BCUT2D eigenvalue weighted by atomic mass is 35.7. The maximum atomic E-state index is 10.9. The van der Waals surface area contributed by atoms with Gasteiger partial charge in [-0.05, 0) is 6.07 Å². The first kappa shape index (κ1) is 9.76. The molecular weight excluding hydrogens is 249 g/mol. The zero-order valence-electron chi connectivity index (χ0n) is 6.57. The first-order valence-corrected chi connectivity index (χ1v) is 6.16. The van der Waals surface area contributed by atoms with Gasteiger partial charge in [0.05, 0.1) is 5.39 Å². The molecule has 2 aromatic rings. The van der Waals surface area contributed by atoms with Gasteiger partial charge in [0.2, 0.25) is 5.09 Å². The molecule has 0 unspecified atom stereocenters. The molecule has 0 aliphatic heterocycles. The molecular formula is C7H3Cl2NO3S. The summed E-state index contributed by atoms with van der Waals surface area (Å²) in [5.41, 5.74) is 0.337. The Labute approximate surface area is 88.9 Å². The molecule has 2 aromatic heterocycles. The minimum atomic E-state index is -3.86. The van der Waals surface area contributed by atoms with E-state index in [1.807, 2.05) is 0 Å². The Morgan fingerprint density at radius 2 is 2.14 bits per heavy atom. The summed E-state index contributed by atoms with van der Waals surface area (Å²) >= 11 is 5.71. The molecule has 0 aliphatic carbocycles. The van der Waals surface area contributed by atoms with Crippen molar-refractivity contribution in [2.75, 3.05) is 0 Å². The largest absolute Gasteiger partial charge is 0.443 e. The van der Waals surface area contributed by atoms with Crippen LogP contribution in [0.25, 0.3) is 11.0 Å². The van der Waals surface area contributed by atoms with Crippen LogP contribution in [0.15, 0.2) is 27.8 Å². The van der Waals surface area contributed by atoms with Gasteiger partial charge in [0.1, 0.15) is 10.7 Å². The van der Waals surface area contributed by atoms with Crippen LogP contribution >= 0.6 is 22.3 Å². The molecule has 74 valence electrons. The predicted molar refractivity (Wildman–Crippen MR) is 52.1 cm³/mol. The lowest BCUT2D eigenvalue weighted by atomic mass is 10.3. The van der Waals surface area contributed by atoms with Crippen molar-refractivity contribution in [3.63, 3.8) is 0 Å². The summed E-state index contributed by atoms with van der Waals surface area (Å²) in [6, 6.07) is 2.75. The van der Waals surface area contributed by atoms with Gasteiger partial charge in [-0.25, -0.2) is 13.4 Å². The monoisotopic (exact) mass is 251 g/mol. The fourth-order valence-electron chi connectivity index (χ4n) is 1.03. The fraction of sp³-hybridized carbons (Fsp3) is 0. The van der Waals surface area contributed by atoms with E-state index in [1.54, 1.807) is 0 Å². The molecule has 0 amide bonds. The third-order valence-electron chi connectivity index (χ3n) is 1.61. The number of rotatable bonds is 1. The number of furan rings is 1. The van der Waals surface area contributed by atoms with Gasteiger partial charge in [-0.15, -0.1) is 0 Å². The molecule has 0 N–H and O–H groups in total. The second-order valence-electron chi connectivity index (χ2n) is 2.52. The highest BCUT2D eigenvalue weighted by Gasteiger charge is 2.17. The second-order valence-corrected chi connectivity index (χ2v) is 5.37. The van der Waals surface area contributed by atoms with Gasteiger partial charge in [0.15, 0.2) is 0 Å². The van der Waals surface area contributed by atoms with Gasteiger partial charge in [0.25, 0.3) is 9.05 Å². The van der Waals surface area contributed by atoms with Crippen LogP contribution in [0.1, 0.15) is 0 Å². The number of nitrogens with zero attached hydrogens (tertiary/aromatic N) is 1. The predicted octanol–water partition coefficient (Wildman–Crippen LogP) is 2.41. The van der Waals surface area contributed by atoms with Crippen molar-refractivity contribution in [3.05, 3.63) is 23.5 Å². The smallest absolute Gasteiger partial charge is 0.294 e. The molecule has 0 bridgehead atoms. The second kappa shape index (κ2) is 3.12. The average molecular weight is 252 g/mol. The van der Waals surface area contributed by atoms with Crippen LogP contribution in [0.5, 0.6) is 0 Å². The molecule has 2 heterocycles. The highest BCUT2D eigenvalue weighted by Crippen LogP contribution is 2.28. The summed E-state index contributed by atoms with van der Waals surface area (Å²) in [5, 5.41) is 0.273. The van der Waals surface area contributed by atoms with Crippen molar-refractivity contribution in [1.29, 1.82) is 0 Å². The van der Waals surface area contributed by atoms with Crippen LogP contribution in [-0.4, -0.2) is 13.4 Å². The van der Waals surface area contributed by atoms with Gasteiger partial charge in [0, 0.05) is 22.9 Å². The number of halogens is 2. The van der Waals surface area contributed by atoms with E-state index in [0.29, 0.717) is 11.0 Å². The molecule has 14 heavy (non-hydrogen) atoms. The average Bonchev–Trinajstić information content (AvgIpc) is 2.48. The topological polar surface area (TPSA) is 60.2 Å². The molecule has 4 nitrogen and oxygen atoms in total. The molecule has 0 spiro atoms. The minimum absolute atomic E-state index is 0.179. The third kappa shape index (κ3) is 1.58. The van der Waals surface area contributed by atoms with Gasteiger partial charge < -0.3 is 4.42 Å². The summed E-state index contributed by atoms with van der Waals surface area (Å²) < 4.78 is 26.8. The first-order chi connectivity index (χ1) is 6.48. The van der Waals surface area contributed by atoms with E-state index in [9.17, 15) is 8.42 Å². The van der Waals surface area contributed by atoms with Crippen molar-refractivity contribution < 1.29 is 12.8 Å². The van der Waals surface area contributed by atoms with Crippen LogP contribution in [-0.2, 0) is 9.05 Å². The lowest BCUT2D eigenvalue weighted by Gasteiger charge is -1.87. The van der Waals surface area contributed by atoms with Crippen molar-refractivity contribution in [2.45, 2.75) is 5.09 Å². The fourth-order valence-corrected chi connectivity index (χ4v) is 1.91. The van der Waals surface area contributed by atoms with E-state index >= 15 is 0 Å². The summed E-state index contributed by atoms with van der Waals surface area (Å²) in [6.07, 6.45) is 1.42. The first-order valence-electron chi connectivity index (χ1n) is 3.47. The Bertz CT molecular complexity index is 590. The van der Waals surface area contributed by atoms with E-state index in [0.717, 1.165) is 0 Å². The van der Waals surface area contributed by atoms with Crippen LogP contribution in [0.4, 0.5) is 0 Å². The molecule has 0 fully saturated rings. The van der Waals surface area contributed by atoms with E-state index in [4.69, 9.17) is 26.7 Å². The van der Waals surface area contributed by atoms with Crippen molar-refractivity contribution in [1.82, 2.24) is 4.98 Å². The Hall–Kier alpha value is -0.780. The molecule has 2 rings (SSSR count). The SMILES string of the molecule is O=S(=O)(Cl)c1cc2c(Cl)nccc2o1. The van der Waals surface area contributed by atoms with Gasteiger partial charge in [-0.1, -0.05) is 11.6 Å². The van der Waals surface area contributed by atoms with Crippen molar-refractivity contribution >= 4 is 42.3 Å². The number of fused-ring (bicyclic) bond motifs is 1. The lowest BCUT2D eigenvalue weighted by molar-refractivity contribution is 0.488. The number of pyridine rings is 1.